The Morgan fingerprint density at radius 1 is 1.23 bits per heavy atom. The van der Waals surface area contributed by atoms with Crippen LogP contribution in [0.3, 0.4) is 0 Å². The van der Waals surface area contributed by atoms with E-state index >= 15 is 0 Å². The Balaban J connectivity index is 2.09. The summed E-state index contributed by atoms with van der Waals surface area (Å²) >= 11 is 6.05. The molecule has 6 heteroatoms. The number of aryl methyl sites for hydroxylation is 2. The predicted molar refractivity (Wildman–Crippen MR) is 90.3 cm³/mol. The molecule has 1 N–H and O–H groups in total. The first-order chi connectivity index (χ1) is 10.3. The van der Waals surface area contributed by atoms with Crippen LogP contribution in [0.1, 0.15) is 29.5 Å². The van der Waals surface area contributed by atoms with Gasteiger partial charge in [-0.05, 0) is 55.5 Å². The molecule has 1 aliphatic rings. The molecule has 1 heterocycles. The molecule has 1 saturated heterocycles. The van der Waals surface area contributed by atoms with Crippen LogP contribution >= 0.6 is 11.6 Å². The highest BCUT2D eigenvalue weighted by Crippen LogP contribution is 2.29. The second kappa shape index (κ2) is 6.87. The Labute approximate surface area is 138 Å². The van der Waals surface area contributed by atoms with Gasteiger partial charge in [0, 0.05) is 37.6 Å². The van der Waals surface area contributed by atoms with Gasteiger partial charge in [0.15, 0.2) is 9.84 Å². The van der Waals surface area contributed by atoms with Crippen LogP contribution in [0.15, 0.2) is 12.1 Å². The highest BCUT2D eigenvalue weighted by molar-refractivity contribution is 7.92. The maximum absolute atomic E-state index is 12.2. The molecule has 124 valence electrons. The van der Waals surface area contributed by atoms with E-state index in [9.17, 15) is 8.42 Å². The van der Waals surface area contributed by atoms with Crippen LogP contribution in [-0.4, -0.2) is 39.2 Å². The van der Waals surface area contributed by atoms with Crippen LogP contribution in [0.2, 0.25) is 5.02 Å². The summed E-state index contributed by atoms with van der Waals surface area (Å²) in [7, 11) is -3.13. The van der Waals surface area contributed by atoms with Crippen molar-refractivity contribution in [3.63, 3.8) is 0 Å². The number of benzene rings is 1. The Morgan fingerprint density at radius 2 is 1.77 bits per heavy atom. The summed E-state index contributed by atoms with van der Waals surface area (Å²) < 4.78 is 29.1. The maximum atomic E-state index is 12.2. The van der Waals surface area contributed by atoms with Crippen molar-refractivity contribution < 1.29 is 13.2 Å². The first-order valence-electron chi connectivity index (χ1n) is 7.49. The third-order valence-electron chi connectivity index (χ3n) is 4.60. The average Bonchev–Trinajstić information content (AvgIpc) is 2.41. The minimum atomic E-state index is -3.13. The third-order valence-corrected chi connectivity index (χ3v) is 6.94. The fourth-order valence-electron chi connectivity index (χ4n) is 3.06. The van der Waals surface area contributed by atoms with Gasteiger partial charge in [0.05, 0.1) is 4.75 Å². The van der Waals surface area contributed by atoms with Crippen molar-refractivity contribution in [2.75, 3.05) is 26.0 Å². The smallest absolute Gasteiger partial charge is 0.154 e. The zero-order valence-corrected chi connectivity index (χ0v) is 15.0. The van der Waals surface area contributed by atoms with E-state index in [1.54, 1.807) is 0 Å². The molecule has 1 aromatic carbocycles. The van der Waals surface area contributed by atoms with E-state index in [0.29, 0.717) is 39.1 Å². The monoisotopic (exact) mass is 345 g/mol. The lowest BCUT2D eigenvalue weighted by molar-refractivity contribution is 0.0744. The Hall–Kier alpha value is -0.620. The van der Waals surface area contributed by atoms with Gasteiger partial charge in [0.25, 0.3) is 0 Å². The number of sulfone groups is 1. The fraction of sp³-hybridized carbons (Fsp3) is 0.625. The minimum absolute atomic E-state index is 0.455. The van der Waals surface area contributed by atoms with Crippen LogP contribution in [0.4, 0.5) is 0 Å². The van der Waals surface area contributed by atoms with Crippen LogP contribution in [0, 0.1) is 13.8 Å². The molecule has 4 nitrogen and oxygen atoms in total. The van der Waals surface area contributed by atoms with E-state index in [0.717, 1.165) is 16.1 Å². The lowest BCUT2D eigenvalue weighted by atomic mass is 9.98. The van der Waals surface area contributed by atoms with Gasteiger partial charge in [0.1, 0.15) is 0 Å². The van der Waals surface area contributed by atoms with E-state index in [2.05, 4.69) is 5.32 Å². The number of ether oxygens (including phenoxy) is 1. The van der Waals surface area contributed by atoms with Crippen molar-refractivity contribution in [3.05, 3.63) is 33.8 Å². The molecule has 1 fully saturated rings. The summed E-state index contributed by atoms with van der Waals surface area (Å²) in [4.78, 5) is 0. The highest BCUT2D eigenvalue weighted by atomic mass is 35.5. The van der Waals surface area contributed by atoms with Crippen molar-refractivity contribution in [1.82, 2.24) is 5.32 Å². The lowest BCUT2D eigenvalue weighted by Crippen LogP contribution is -2.50. The zero-order valence-electron chi connectivity index (χ0n) is 13.4. The standard InChI is InChI=1S/C16H24ClNO3S/c1-12-8-14(17)9-13(2)15(12)10-18-11-16(22(3,19)20)4-6-21-7-5-16/h8-9,18H,4-7,10-11H2,1-3H3. The van der Waals surface area contributed by atoms with E-state index in [1.807, 2.05) is 26.0 Å². The molecular weight excluding hydrogens is 322 g/mol. The molecule has 1 aromatic rings. The Morgan fingerprint density at radius 3 is 2.27 bits per heavy atom. The number of hydrogen-bond donors (Lipinski definition) is 1. The summed E-state index contributed by atoms with van der Waals surface area (Å²) in [6.07, 6.45) is 2.44. The third kappa shape index (κ3) is 3.82. The molecule has 0 spiro atoms. The van der Waals surface area contributed by atoms with Gasteiger partial charge < -0.3 is 10.1 Å². The predicted octanol–water partition coefficient (Wildman–Crippen LogP) is 2.64. The summed E-state index contributed by atoms with van der Waals surface area (Å²) in [5.41, 5.74) is 3.43. The summed E-state index contributed by atoms with van der Waals surface area (Å²) in [5, 5.41) is 4.07. The molecule has 0 aliphatic carbocycles. The first kappa shape index (κ1) is 17.7. The van der Waals surface area contributed by atoms with Crippen LogP contribution in [-0.2, 0) is 21.1 Å². The van der Waals surface area contributed by atoms with Gasteiger partial charge in [-0.1, -0.05) is 11.6 Å². The molecule has 0 unspecified atom stereocenters. The van der Waals surface area contributed by atoms with Crippen molar-refractivity contribution >= 4 is 21.4 Å². The number of halogens is 1. The summed E-state index contributed by atoms with van der Waals surface area (Å²) in [6, 6.07) is 3.87. The maximum Gasteiger partial charge on any atom is 0.154 e. The van der Waals surface area contributed by atoms with Gasteiger partial charge in [-0.25, -0.2) is 8.42 Å². The van der Waals surface area contributed by atoms with Gasteiger partial charge >= 0.3 is 0 Å². The normalized spacial score (nSPS) is 18.4. The Bertz CT molecular complexity index is 614. The van der Waals surface area contributed by atoms with Crippen molar-refractivity contribution in [2.45, 2.75) is 38.0 Å². The highest BCUT2D eigenvalue weighted by Gasteiger charge is 2.41. The molecule has 0 aromatic heterocycles. The molecule has 0 radical (unpaired) electrons. The van der Waals surface area contributed by atoms with E-state index in [-0.39, 0.29) is 0 Å². The second-order valence-electron chi connectivity index (χ2n) is 6.19. The van der Waals surface area contributed by atoms with Crippen molar-refractivity contribution in [3.8, 4) is 0 Å². The topological polar surface area (TPSA) is 55.4 Å². The quantitative estimate of drug-likeness (QED) is 0.891. The van der Waals surface area contributed by atoms with E-state index < -0.39 is 14.6 Å². The van der Waals surface area contributed by atoms with Gasteiger partial charge in [0.2, 0.25) is 0 Å². The molecule has 22 heavy (non-hydrogen) atoms. The number of nitrogens with one attached hydrogen (secondary N) is 1. The fourth-order valence-corrected chi connectivity index (χ4v) is 4.66. The average molecular weight is 346 g/mol. The SMILES string of the molecule is Cc1cc(Cl)cc(C)c1CNCC1(S(C)(=O)=O)CCOCC1. The van der Waals surface area contributed by atoms with Gasteiger partial charge in [-0.2, -0.15) is 0 Å². The van der Waals surface area contributed by atoms with Crippen LogP contribution in [0.25, 0.3) is 0 Å². The molecule has 0 atom stereocenters. The van der Waals surface area contributed by atoms with Gasteiger partial charge in [-0.3, -0.25) is 0 Å². The lowest BCUT2D eigenvalue weighted by Gasteiger charge is -2.35. The number of hydrogen-bond acceptors (Lipinski definition) is 4. The van der Waals surface area contributed by atoms with Crippen molar-refractivity contribution in [2.24, 2.45) is 0 Å². The molecule has 0 saturated carbocycles. The molecular formula is C16H24ClNO3S. The second-order valence-corrected chi connectivity index (χ2v) is 9.04. The molecule has 2 rings (SSSR count). The Kier molecular flexibility index (Phi) is 5.54. The zero-order chi connectivity index (χ0) is 16.4. The van der Waals surface area contributed by atoms with Crippen LogP contribution < -0.4 is 5.32 Å². The van der Waals surface area contributed by atoms with E-state index in [1.165, 1.54) is 11.8 Å². The molecule has 1 aliphatic heterocycles. The number of rotatable bonds is 5. The first-order valence-corrected chi connectivity index (χ1v) is 9.76. The summed E-state index contributed by atoms with van der Waals surface area (Å²) in [5.74, 6) is 0. The summed E-state index contributed by atoms with van der Waals surface area (Å²) in [6.45, 7) is 6.17. The van der Waals surface area contributed by atoms with E-state index in [4.69, 9.17) is 16.3 Å². The molecule has 0 amide bonds. The van der Waals surface area contributed by atoms with Gasteiger partial charge in [-0.15, -0.1) is 0 Å². The van der Waals surface area contributed by atoms with Crippen LogP contribution in [0.5, 0.6) is 0 Å². The molecule has 0 bridgehead atoms. The largest absolute Gasteiger partial charge is 0.381 e. The minimum Gasteiger partial charge on any atom is -0.381 e. The van der Waals surface area contributed by atoms with Crippen molar-refractivity contribution in [1.29, 1.82) is 0 Å².